The largest absolute Gasteiger partial charge is 0.369 e. The summed E-state index contributed by atoms with van der Waals surface area (Å²) in [4.78, 5) is 8.13. The van der Waals surface area contributed by atoms with Gasteiger partial charge in [0.25, 0.3) is 0 Å². The van der Waals surface area contributed by atoms with Crippen LogP contribution in [0.4, 0.5) is 5.82 Å². The van der Waals surface area contributed by atoms with Crippen molar-refractivity contribution in [2.24, 2.45) is 0 Å². The van der Waals surface area contributed by atoms with Crippen LogP contribution >= 0.6 is 0 Å². The van der Waals surface area contributed by atoms with E-state index in [1.54, 1.807) is 6.20 Å². The Kier molecular flexibility index (Phi) is 3.09. The van der Waals surface area contributed by atoms with Gasteiger partial charge in [-0.2, -0.15) is 0 Å². The molecule has 0 fully saturated rings. The van der Waals surface area contributed by atoms with Crippen molar-refractivity contribution < 1.29 is 0 Å². The van der Waals surface area contributed by atoms with E-state index >= 15 is 0 Å². The second-order valence-corrected chi connectivity index (χ2v) is 2.37. The van der Waals surface area contributed by atoms with E-state index in [4.69, 9.17) is 6.42 Å². The smallest absolute Gasteiger partial charge is 0.129 e. The normalized spacial score (nSPS) is 9.00. The molecule has 0 radical (unpaired) electrons. The van der Waals surface area contributed by atoms with Crippen molar-refractivity contribution in [3.63, 3.8) is 0 Å². The lowest BCUT2D eigenvalue weighted by molar-refractivity contribution is 1.01. The molecule has 1 N–H and O–H groups in total. The van der Waals surface area contributed by atoms with Gasteiger partial charge in [0.15, 0.2) is 0 Å². The Hall–Kier alpha value is -1.56. The van der Waals surface area contributed by atoms with Gasteiger partial charge >= 0.3 is 0 Å². The first-order valence-electron chi connectivity index (χ1n) is 3.80. The molecule has 62 valence electrons. The summed E-state index contributed by atoms with van der Waals surface area (Å²) in [5, 5.41) is 3.09. The zero-order valence-electron chi connectivity index (χ0n) is 7.04. The number of anilines is 1. The highest BCUT2D eigenvalue weighted by molar-refractivity contribution is 5.32. The summed E-state index contributed by atoms with van der Waals surface area (Å²) in [5.74, 6) is 4.14. The van der Waals surface area contributed by atoms with Crippen molar-refractivity contribution in [2.75, 3.05) is 11.9 Å². The molecule has 0 aliphatic rings. The summed E-state index contributed by atoms with van der Waals surface area (Å²) in [5.41, 5.74) is 0. The molecule has 0 atom stereocenters. The van der Waals surface area contributed by atoms with Crippen LogP contribution in [0.3, 0.4) is 0 Å². The highest BCUT2D eigenvalue weighted by Gasteiger charge is 1.91. The molecule has 0 aliphatic heterocycles. The van der Waals surface area contributed by atoms with Crippen LogP contribution in [0.1, 0.15) is 12.2 Å². The maximum absolute atomic E-state index is 5.10. The van der Waals surface area contributed by atoms with Crippen LogP contribution in [-0.4, -0.2) is 16.5 Å². The van der Waals surface area contributed by atoms with E-state index in [0.717, 1.165) is 18.2 Å². The van der Waals surface area contributed by atoms with Crippen molar-refractivity contribution in [1.29, 1.82) is 0 Å². The third kappa shape index (κ3) is 2.59. The number of hydrogen-bond acceptors (Lipinski definition) is 3. The van der Waals surface area contributed by atoms with Crippen LogP contribution in [-0.2, 0) is 0 Å². The zero-order chi connectivity index (χ0) is 8.81. The van der Waals surface area contributed by atoms with Gasteiger partial charge in [0.1, 0.15) is 11.6 Å². The molecule has 12 heavy (non-hydrogen) atoms. The SMILES string of the molecule is C#CCCNc1ccnc(C)n1. The highest BCUT2D eigenvalue weighted by Crippen LogP contribution is 2.00. The highest BCUT2D eigenvalue weighted by atomic mass is 15.0. The summed E-state index contributed by atoms with van der Waals surface area (Å²) >= 11 is 0. The van der Waals surface area contributed by atoms with Crippen LogP contribution in [0.25, 0.3) is 0 Å². The van der Waals surface area contributed by atoms with Crippen LogP contribution in [0.15, 0.2) is 12.3 Å². The quantitative estimate of drug-likeness (QED) is 0.535. The van der Waals surface area contributed by atoms with Crippen LogP contribution in [0.5, 0.6) is 0 Å². The Bertz CT molecular complexity index is 288. The van der Waals surface area contributed by atoms with Crippen LogP contribution in [0, 0.1) is 19.3 Å². The zero-order valence-corrected chi connectivity index (χ0v) is 7.04. The van der Waals surface area contributed by atoms with Gasteiger partial charge in [0.2, 0.25) is 0 Å². The number of nitrogens with one attached hydrogen (secondary N) is 1. The third-order valence-electron chi connectivity index (χ3n) is 1.35. The molecule has 0 aliphatic carbocycles. The van der Waals surface area contributed by atoms with Crippen molar-refractivity contribution in [3.05, 3.63) is 18.1 Å². The van der Waals surface area contributed by atoms with Crippen molar-refractivity contribution in [1.82, 2.24) is 9.97 Å². The van der Waals surface area contributed by atoms with E-state index < -0.39 is 0 Å². The number of rotatable bonds is 3. The molecule has 0 spiro atoms. The Morgan fingerprint density at radius 3 is 3.17 bits per heavy atom. The van der Waals surface area contributed by atoms with Gasteiger partial charge in [0, 0.05) is 19.2 Å². The lowest BCUT2D eigenvalue weighted by Gasteiger charge is -2.02. The van der Waals surface area contributed by atoms with Gasteiger partial charge in [-0.05, 0) is 13.0 Å². The Morgan fingerprint density at radius 2 is 2.50 bits per heavy atom. The summed E-state index contributed by atoms with van der Waals surface area (Å²) < 4.78 is 0. The van der Waals surface area contributed by atoms with Crippen molar-refractivity contribution in [3.8, 4) is 12.3 Å². The molecule has 0 saturated carbocycles. The fourth-order valence-corrected chi connectivity index (χ4v) is 0.817. The second kappa shape index (κ2) is 4.35. The first-order valence-corrected chi connectivity index (χ1v) is 3.80. The predicted octanol–water partition coefficient (Wildman–Crippen LogP) is 1.22. The first-order chi connectivity index (χ1) is 5.83. The van der Waals surface area contributed by atoms with E-state index in [9.17, 15) is 0 Å². The summed E-state index contributed by atoms with van der Waals surface area (Å²) in [6, 6.07) is 1.82. The average molecular weight is 161 g/mol. The minimum atomic E-state index is 0.711. The minimum Gasteiger partial charge on any atom is -0.369 e. The topological polar surface area (TPSA) is 37.8 Å². The van der Waals surface area contributed by atoms with Gasteiger partial charge in [-0.25, -0.2) is 9.97 Å². The summed E-state index contributed by atoms with van der Waals surface area (Å²) in [6.07, 6.45) is 7.53. The maximum atomic E-state index is 5.10. The maximum Gasteiger partial charge on any atom is 0.129 e. The molecule has 1 heterocycles. The van der Waals surface area contributed by atoms with E-state index in [1.165, 1.54) is 0 Å². The van der Waals surface area contributed by atoms with Gasteiger partial charge in [-0.3, -0.25) is 0 Å². The number of aromatic nitrogens is 2. The van der Waals surface area contributed by atoms with Crippen molar-refractivity contribution >= 4 is 5.82 Å². The summed E-state index contributed by atoms with van der Waals surface area (Å²) in [6.45, 7) is 2.61. The van der Waals surface area contributed by atoms with Crippen molar-refractivity contribution in [2.45, 2.75) is 13.3 Å². The van der Waals surface area contributed by atoms with Crippen LogP contribution in [0.2, 0.25) is 0 Å². The minimum absolute atomic E-state index is 0.711. The fourth-order valence-electron chi connectivity index (χ4n) is 0.817. The molecule has 0 bridgehead atoms. The molecular formula is C9H11N3. The van der Waals surface area contributed by atoms with Gasteiger partial charge < -0.3 is 5.32 Å². The Balaban J connectivity index is 2.48. The average Bonchev–Trinajstić information content (AvgIpc) is 2.05. The molecule has 1 aromatic rings. The fraction of sp³-hybridized carbons (Fsp3) is 0.333. The van der Waals surface area contributed by atoms with E-state index in [1.807, 2.05) is 13.0 Å². The van der Waals surface area contributed by atoms with Gasteiger partial charge in [-0.1, -0.05) is 0 Å². The van der Waals surface area contributed by atoms with E-state index in [0.29, 0.717) is 6.42 Å². The van der Waals surface area contributed by atoms with Crippen LogP contribution < -0.4 is 5.32 Å². The molecule has 1 rings (SSSR count). The second-order valence-electron chi connectivity index (χ2n) is 2.37. The van der Waals surface area contributed by atoms with E-state index in [-0.39, 0.29) is 0 Å². The molecular weight excluding hydrogens is 150 g/mol. The third-order valence-corrected chi connectivity index (χ3v) is 1.35. The Morgan fingerprint density at radius 1 is 1.67 bits per heavy atom. The van der Waals surface area contributed by atoms with E-state index in [2.05, 4.69) is 21.2 Å². The molecule has 0 aromatic carbocycles. The first kappa shape index (κ1) is 8.54. The number of aryl methyl sites for hydroxylation is 1. The lowest BCUT2D eigenvalue weighted by atomic mass is 10.4. The molecule has 3 nitrogen and oxygen atoms in total. The number of nitrogens with zero attached hydrogens (tertiary/aromatic N) is 2. The summed E-state index contributed by atoms with van der Waals surface area (Å²) in [7, 11) is 0. The molecule has 0 unspecified atom stereocenters. The number of terminal acetylenes is 1. The molecule has 0 saturated heterocycles. The monoisotopic (exact) mass is 161 g/mol. The molecule has 0 amide bonds. The standard InChI is InChI=1S/C9H11N3/c1-3-4-6-11-9-5-7-10-8(2)12-9/h1,5,7H,4,6H2,2H3,(H,10,11,12). The van der Waals surface area contributed by atoms with Gasteiger partial charge in [0.05, 0.1) is 0 Å². The number of hydrogen-bond donors (Lipinski definition) is 1. The van der Waals surface area contributed by atoms with Gasteiger partial charge in [-0.15, -0.1) is 12.3 Å². The molecule has 1 aromatic heterocycles. The lowest BCUT2D eigenvalue weighted by Crippen LogP contribution is -2.03. The predicted molar refractivity (Wildman–Crippen MR) is 48.7 cm³/mol. The Labute approximate surface area is 72.2 Å². The molecule has 3 heteroatoms.